The number of benzene rings is 1. The minimum absolute atomic E-state index is 0.372. The van der Waals surface area contributed by atoms with Gasteiger partial charge in [0, 0.05) is 18.9 Å². The number of nitrogens with zero attached hydrogens (tertiary/aromatic N) is 4. The van der Waals surface area contributed by atoms with Crippen molar-refractivity contribution in [3.05, 3.63) is 42.5 Å². The SMILES string of the molecule is CCOc1cc(CN)ccc1Oc1nccn2cnnc12. The summed E-state index contributed by atoms with van der Waals surface area (Å²) in [6.45, 7) is 2.89. The molecule has 0 atom stereocenters. The molecule has 0 bridgehead atoms. The van der Waals surface area contributed by atoms with Crippen LogP contribution in [0.4, 0.5) is 0 Å². The summed E-state index contributed by atoms with van der Waals surface area (Å²) in [6.07, 6.45) is 4.97. The van der Waals surface area contributed by atoms with E-state index < -0.39 is 0 Å². The van der Waals surface area contributed by atoms with Gasteiger partial charge in [0.05, 0.1) is 6.61 Å². The van der Waals surface area contributed by atoms with Gasteiger partial charge in [0.15, 0.2) is 11.5 Å². The average molecular weight is 285 g/mol. The minimum atomic E-state index is 0.372. The first kappa shape index (κ1) is 13.3. The van der Waals surface area contributed by atoms with E-state index in [1.165, 1.54) is 0 Å². The number of aromatic nitrogens is 4. The predicted molar refractivity (Wildman–Crippen MR) is 76.4 cm³/mol. The highest BCUT2D eigenvalue weighted by Gasteiger charge is 2.12. The number of hydrogen-bond donors (Lipinski definition) is 1. The van der Waals surface area contributed by atoms with Gasteiger partial charge in [-0.05, 0) is 24.6 Å². The summed E-state index contributed by atoms with van der Waals surface area (Å²) in [5.41, 5.74) is 7.16. The Morgan fingerprint density at radius 3 is 3.00 bits per heavy atom. The van der Waals surface area contributed by atoms with Crippen molar-refractivity contribution < 1.29 is 9.47 Å². The lowest BCUT2D eigenvalue weighted by molar-refractivity contribution is 0.319. The van der Waals surface area contributed by atoms with Crippen LogP contribution >= 0.6 is 0 Å². The Hall–Kier alpha value is -2.67. The maximum Gasteiger partial charge on any atom is 0.265 e. The number of nitrogens with two attached hydrogens (primary N) is 1. The molecule has 0 radical (unpaired) electrons. The number of ether oxygens (including phenoxy) is 2. The molecule has 0 fully saturated rings. The highest BCUT2D eigenvalue weighted by Crippen LogP contribution is 2.32. The van der Waals surface area contributed by atoms with E-state index in [9.17, 15) is 0 Å². The topological polar surface area (TPSA) is 87.6 Å². The molecule has 0 spiro atoms. The van der Waals surface area contributed by atoms with Crippen molar-refractivity contribution in [2.75, 3.05) is 6.61 Å². The van der Waals surface area contributed by atoms with E-state index in [1.54, 1.807) is 23.1 Å². The van der Waals surface area contributed by atoms with Crippen molar-refractivity contribution in [1.29, 1.82) is 0 Å². The summed E-state index contributed by atoms with van der Waals surface area (Å²) in [7, 11) is 0. The third kappa shape index (κ3) is 2.63. The molecule has 0 unspecified atom stereocenters. The van der Waals surface area contributed by atoms with Crippen LogP contribution in [0.15, 0.2) is 36.9 Å². The average Bonchev–Trinajstić information content (AvgIpc) is 2.99. The Balaban J connectivity index is 1.99. The van der Waals surface area contributed by atoms with Gasteiger partial charge in [0.1, 0.15) is 6.33 Å². The highest BCUT2D eigenvalue weighted by molar-refractivity contribution is 5.52. The summed E-state index contributed by atoms with van der Waals surface area (Å²) in [5, 5.41) is 7.82. The van der Waals surface area contributed by atoms with Crippen LogP contribution in [-0.4, -0.2) is 26.2 Å². The van der Waals surface area contributed by atoms with Crippen LogP contribution in [0, 0.1) is 0 Å². The maximum atomic E-state index is 5.83. The molecule has 0 saturated carbocycles. The van der Waals surface area contributed by atoms with E-state index in [0.29, 0.717) is 36.2 Å². The molecule has 108 valence electrons. The highest BCUT2D eigenvalue weighted by atomic mass is 16.5. The zero-order chi connectivity index (χ0) is 14.7. The van der Waals surface area contributed by atoms with Crippen molar-refractivity contribution in [2.24, 2.45) is 5.73 Å². The smallest absolute Gasteiger partial charge is 0.265 e. The van der Waals surface area contributed by atoms with E-state index in [-0.39, 0.29) is 0 Å². The van der Waals surface area contributed by atoms with Gasteiger partial charge in [0.25, 0.3) is 5.88 Å². The van der Waals surface area contributed by atoms with Crippen LogP contribution in [0.2, 0.25) is 0 Å². The van der Waals surface area contributed by atoms with Gasteiger partial charge in [-0.15, -0.1) is 10.2 Å². The van der Waals surface area contributed by atoms with Crippen molar-refractivity contribution >= 4 is 5.65 Å². The van der Waals surface area contributed by atoms with Gasteiger partial charge in [-0.1, -0.05) is 6.07 Å². The first-order chi connectivity index (χ1) is 10.3. The Labute approximate surface area is 121 Å². The molecule has 2 N–H and O–H groups in total. The fourth-order valence-electron chi connectivity index (χ4n) is 1.94. The van der Waals surface area contributed by atoms with Crippen LogP contribution in [0.5, 0.6) is 17.4 Å². The fraction of sp³-hybridized carbons (Fsp3) is 0.214. The lowest BCUT2D eigenvalue weighted by Gasteiger charge is -2.12. The zero-order valence-corrected chi connectivity index (χ0v) is 11.6. The Morgan fingerprint density at radius 2 is 2.19 bits per heavy atom. The first-order valence-electron chi connectivity index (χ1n) is 6.59. The predicted octanol–water partition coefficient (Wildman–Crippen LogP) is 1.77. The molecule has 1 aromatic carbocycles. The molecule has 2 aromatic heterocycles. The van der Waals surface area contributed by atoms with Gasteiger partial charge < -0.3 is 15.2 Å². The Kier molecular flexibility index (Phi) is 3.65. The molecule has 0 saturated heterocycles. The minimum Gasteiger partial charge on any atom is -0.490 e. The largest absolute Gasteiger partial charge is 0.490 e. The fourth-order valence-corrected chi connectivity index (χ4v) is 1.94. The quantitative estimate of drug-likeness (QED) is 0.768. The van der Waals surface area contributed by atoms with Crippen LogP contribution in [0.25, 0.3) is 5.65 Å². The van der Waals surface area contributed by atoms with Crippen LogP contribution in [-0.2, 0) is 6.54 Å². The third-order valence-corrected chi connectivity index (χ3v) is 2.93. The Morgan fingerprint density at radius 1 is 1.29 bits per heavy atom. The van der Waals surface area contributed by atoms with Crippen LogP contribution in [0.1, 0.15) is 12.5 Å². The molecule has 0 aliphatic carbocycles. The van der Waals surface area contributed by atoms with Gasteiger partial charge >= 0.3 is 0 Å². The summed E-state index contributed by atoms with van der Waals surface area (Å²) in [4.78, 5) is 4.19. The van der Waals surface area contributed by atoms with E-state index in [0.717, 1.165) is 5.56 Å². The molecule has 0 aliphatic rings. The molecule has 7 nitrogen and oxygen atoms in total. The zero-order valence-electron chi connectivity index (χ0n) is 11.6. The van der Waals surface area contributed by atoms with E-state index in [1.807, 2.05) is 25.1 Å². The standard InChI is InChI=1S/C14H15N5O2/c1-2-20-12-7-10(8-15)3-4-11(12)21-14-13-18-17-9-19(13)6-5-16-14/h3-7,9H,2,8,15H2,1H3. The second-order valence-electron chi connectivity index (χ2n) is 4.31. The number of rotatable bonds is 5. The molecule has 2 heterocycles. The lowest BCUT2D eigenvalue weighted by atomic mass is 10.2. The molecule has 7 heteroatoms. The van der Waals surface area contributed by atoms with Gasteiger partial charge in [-0.3, -0.25) is 4.40 Å². The second kappa shape index (κ2) is 5.76. The molecular formula is C14H15N5O2. The first-order valence-corrected chi connectivity index (χ1v) is 6.59. The van der Waals surface area contributed by atoms with Crippen molar-refractivity contribution in [2.45, 2.75) is 13.5 Å². The summed E-state index contributed by atoms with van der Waals surface area (Å²) in [6, 6.07) is 5.57. The third-order valence-electron chi connectivity index (χ3n) is 2.93. The molecule has 3 aromatic rings. The molecule has 0 amide bonds. The molecule has 0 aliphatic heterocycles. The van der Waals surface area contributed by atoms with Crippen molar-refractivity contribution in [3.63, 3.8) is 0 Å². The molecule has 3 rings (SSSR count). The number of hydrogen-bond acceptors (Lipinski definition) is 6. The van der Waals surface area contributed by atoms with Crippen LogP contribution in [0.3, 0.4) is 0 Å². The van der Waals surface area contributed by atoms with E-state index in [2.05, 4.69) is 15.2 Å². The van der Waals surface area contributed by atoms with E-state index >= 15 is 0 Å². The van der Waals surface area contributed by atoms with Gasteiger partial charge in [-0.25, -0.2) is 4.98 Å². The normalized spacial score (nSPS) is 10.8. The monoisotopic (exact) mass is 285 g/mol. The second-order valence-corrected chi connectivity index (χ2v) is 4.31. The van der Waals surface area contributed by atoms with Crippen LogP contribution < -0.4 is 15.2 Å². The summed E-state index contributed by atoms with van der Waals surface area (Å²) >= 11 is 0. The van der Waals surface area contributed by atoms with Crippen molar-refractivity contribution in [1.82, 2.24) is 19.6 Å². The Bertz CT molecular complexity index is 756. The summed E-state index contributed by atoms with van der Waals surface area (Å²) < 4.78 is 13.2. The van der Waals surface area contributed by atoms with Crippen molar-refractivity contribution in [3.8, 4) is 17.4 Å². The van der Waals surface area contributed by atoms with Gasteiger partial charge in [-0.2, -0.15) is 0 Å². The van der Waals surface area contributed by atoms with E-state index in [4.69, 9.17) is 15.2 Å². The number of fused-ring (bicyclic) bond motifs is 1. The molecule has 21 heavy (non-hydrogen) atoms. The maximum absolute atomic E-state index is 5.83. The lowest BCUT2D eigenvalue weighted by Crippen LogP contribution is -2.01. The van der Waals surface area contributed by atoms with Gasteiger partial charge in [0.2, 0.25) is 5.65 Å². The summed E-state index contributed by atoms with van der Waals surface area (Å²) in [5.74, 6) is 1.57. The molecular weight excluding hydrogens is 270 g/mol.